The molecule has 0 bridgehead atoms. The Morgan fingerprint density at radius 1 is 1.26 bits per heavy atom. The molecule has 0 aromatic heterocycles. The van der Waals surface area contributed by atoms with Gasteiger partial charge in [-0.05, 0) is 49.9 Å². The first-order valence-corrected chi connectivity index (χ1v) is 7.26. The second-order valence-corrected chi connectivity index (χ2v) is 5.51. The molecule has 0 aliphatic carbocycles. The van der Waals surface area contributed by atoms with Crippen LogP contribution in [0.3, 0.4) is 0 Å². The van der Waals surface area contributed by atoms with Crippen LogP contribution in [0.15, 0.2) is 18.2 Å². The van der Waals surface area contributed by atoms with Crippen molar-refractivity contribution >= 4 is 5.69 Å². The van der Waals surface area contributed by atoms with Crippen LogP contribution >= 0.6 is 0 Å². The molecule has 0 radical (unpaired) electrons. The van der Waals surface area contributed by atoms with Gasteiger partial charge in [-0.3, -0.25) is 0 Å². The van der Waals surface area contributed by atoms with Gasteiger partial charge >= 0.3 is 0 Å². The summed E-state index contributed by atoms with van der Waals surface area (Å²) in [4.78, 5) is 2.32. The fraction of sp³-hybridized carbons (Fsp3) is 0.625. The Balaban J connectivity index is 3.01. The summed E-state index contributed by atoms with van der Waals surface area (Å²) in [5.74, 6) is 0.451. The lowest BCUT2D eigenvalue weighted by molar-refractivity contribution is 0.546. The van der Waals surface area contributed by atoms with E-state index in [4.69, 9.17) is 5.73 Å². The van der Waals surface area contributed by atoms with Crippen LogP contribution in [0.2, 0.25) is 0 Å². The number of nitrogens with zero attached hydrogens (tertiary/aromatic N) is 1. The molecular formula is C16H27FN2. The molecule has 0 amide bonds. The van der Waals surface area contributed by atoms with E-state index in [1.807, 2.05) is 13.0 Å². The average molecular weight is 266 g/mol. The minimum atomic E-state index is -0.181. The molecule has 0 fully saturated rings. The Hall–Kier alpha value is -1.09. The predicted octanol–water partition coefficient (Wildman–Crippen LogP) is 3.59. The van der Waals surface area contributed by atoms with Crippen molar-refractivity contribution in [2.24, 2.45) is 11.7 Å². The average Bonchev–Trinajstić information content (AvgIpc) is 2.35. The summed E-state index contributed by atoms with van der Waals surface area (Å²) >= 11 is 0. The summed E-state index contributed by atoms with van der Waals surface area (Å²) in [6, 6.07) is 5.10. The summed E-state index contributed by atoms with van der Waals surface area (Å²) in [7, 11) is 0. The first-order valence-electron chi connectivity index (χ1n) is 7.26. The van der Waals surface area contributed by atoms with Crippen LogP contribution in [0.5, 0.6) is 0 Å². The first-order chi connectivity index (χ1) is 8.97. The zero-order valence-electron chi connectivity index (χ0n) is 12.6. The molecule has 0 spiro atoms. The maximum atomic E-state index is 13.4. The van der Waals surface area contributed by atoms with Gasteiger partial charge in [0, 0.05) is 24.8 Å². The van der Waals surface area contributed by atoms with Crippen LogP contribution in [0.1, 0.15) is 39.7 Å². The van der Waals surface area contributed by atoms with Crippen molar-refractivity contribution in [2.45, 2.75) is 46.6 Å². The maximum Gasteiger partial charge on any atom is 0.123 e. The quantitative estimate of drug-likeness (QED) is 0.817. The molecule has 3 heteroatoms. The van der Waals surface area contributed by atoms with Crippen LogP contribution in [-0.2, 0) is 6.42 Å². The van der Waals surface area contributed by atoms with Crippen LogP contribution in [0, 0.1) is 11.7 Å². The molecular weight excluding hydrogens is 239 g/mol. The van der Waals surface area contributed by atoms with Crippen molar-refractivity contribution in [3.63, 3.8) is 0 Å². The number of anilines is 1. The van der Waals surface area contributed by atoms with E-state index < -0.39 is 0 Å². The van der Waals surface area contributed by atoms with E-state index in [0.29, 0.717) is 12.3 Å². The summed E-state index contributed by atoms with van der Waals surface area (Å²) in [6.45, 7) is 10.5. The van der Waals surface area contributed by atoms with Crippen LogP contribution in [0.25, 0.3) is 0 Å². The fourth-order valence-corrected chi connectivity index (χ4v) is 2.28. The molecule has 0 aliphatic heterocycles. The zero-order chi connectivity index (χ0) is 14.4. The number of benzene rings is 1. The Morgan fingerprint density at radius 3 is 2.47 bits per heavy atom. The normalized spacial score (nSPS) is 14.2. The van der Waals surface area contributed by atoms with Gasteiger partial charge in [0.25, 0.3) is 0 Å². The smallest absolute Gasteiger partial charge is 0.123 e. The molecule has 108 valence electrons. The Kier molecular flexibility index (Phi) is 6.29. The molecule has 1 aromatic rings. The Labute approximate surface area is 116 Å². The summed E-state index contributed by atoms with van der Waals surface area (Å²) < 4.78 is 13.4. The van der Waals surface area contributed by atoms with E-state index in [1.165, 1.54) is 0 Å². The van der Waals surface area contributed by atoms with Gasteiger partial charge in [-0.15, -0.1) is 0 Å². The van der Waals surface area contributed by atoms with Crippen molar-refractivity contribution in [3.8, 4) is 0 Å². The van der Waals surface area contributed by atoms with Gasteiger partial charge in [0.15, 0.2) is 0 Å². The topological polar surface area (TPSA) is 29.3 Å². The zero-order valence-corrected chi connectivity index (χ0v) is 12.6. The third kappa shape index (κ3) is 4.83. The van der Waals surface area contributed by atoms with E-state index in [0.717, 1.165) is 30.8 Å². The highest BCUT2D eigenvalue weighted by Crippen LogP contribution is 2.24. The van der Waals surface area contributed by atoms with E-state index in [2.05, 4.69) is 25.7 Å². The minimum Gasteiger partial charge on any atom is -0.371 e. The number of hydrogen-bond acceptors (Lipinski definition) is 2. The first kappa shape index (κ1) is 16.0. The molecule has 0 saturated heterocycles. The van der Waals surface area contributed by atoms with Crippen LogP contribution in [-0.4, -0.2) is 19.1 Å². The lowest BCUT2D eigenvalue weighted by atomic mass is 10.0. The van der Waals surface area contributed by atoms with Gasteiger partial charge in [-0.25, -0.2) is 4.39 Å². The maximum absolute atomic E-state index is 13.4. The van der Waals surface area contributed by atoms with Crippen molar-refractivity contribution in [1.82, 2.24) is 0 Å². The van der Waals surface area contributed by atoms with E-state index >= 15 is 0 Å². The molecule has 2 nitrogen and oxygen atoms in total. The summed E-state index contributed by atoms with van der Waals surface area (Å²) in [5, 5.41) is 0. The highest BCUT2D eigenvalue weighted by Gasteiger charge is 2.14. The van der Waals surface area contributed by atoms with E-state index in [-0.39, 0.29) is 11.9 Å². The molecule has 19 heavy (non-hydrogen) atoms. The SMILES string of the molecule is CCC(C)CN(CC)c1ccc(F)cc1CC(C)N. The lowest BCUT2D eigenvalue weighted by Crippen LogP contribution is -2.30. The Bertz CT molecular complexity index is 390. The third-order valence-electron chi connectivity index (χ3n) is 3.53. The van der Waals surface area contributed by atoms with Gasteiger partial charge in [0.1, 0.15) is 5.82 Å². The number of nitrogens with two attached hydrogens (primary N) is 1. The molecule has 0 aliphatic rings. The van der Waals surface area contributed by atoms with Crippen molar-refractivity contribution in [1.29, 1.82) is 0 Å². The van der Waals surface area contributed by atoms with Gasteiger partial charge in [0.05, 0.1) is 0 Å². The van der Waals surface area contributed by atoms with Crippen molar-refractivity contribution in [2.75, 3.05) is 18.0 Å². The molecule has 1 rings (SSSR count). The molecule has 2 N–H and O–H groups in total. The predicted molar refractivity (Wildman–Crippen MR) is 81.1 cm³/mol. The fourth-order valence-electron chi connectivity index (χ4n) is 2.28. The molecule has 0 heterocycles. The molecule has 2 atom stereocenters. The van der Waals surface area contributed by atoms with E-state index in [1.54, 1.807) is 12.1 Å². The second kappa shape index (κ2) is 7.49. The minimum absolute atomic E-state index is 0.0443. The molecule has 2 unspecified atom stereocenters. The van der Waals surface area contributed by atoms with E-state index in [9.17, 15) is 4.39 Å². The van der Waals surface area contributed by atoms with Crippen LogP contribution in [0.4, 0.5) is 10.1 Å². The highest BCUT2D eigenvalue weighted by molar-refractivity contribution is 5.54. The van der Waals surface area contributed by atoms with Crippen molar-refractivity contribution < 1.29 is 4.39 Å². The standard InChI is InChI=1S/C16H27FN2/c1-5-12(3)11-19(6-2)16-8-7-15(17)10-14(16)9-13(4)18/h7-8,10,12-13H,5-6,9,11,18H2,1-4H3. The monoisotopic (exact) mass is 266 g/mol. The number of hydrogen-bond donors (Lipinski definition) is 1. The number of halogens is 1. The third-order valence-corrected chi connectivity index (χ3v) is 3.53. The second-order valence-electron chi connectivity index (χ2n) is 5.51. The summed E-state index contributed by atoms with van der Waals surface area (Å²) in [5.41, 5.74) is 8.01. The Morgan fingerprint density at radius 2 is 1.95 bits per heavy atom. The summed E-state index contributed by atoms with van der Waals surface area (Å²) in [6.07, 6.45) is 1.87. The van der Waals surface area contributed by atoms with Gasteiger partial charge in [-0.2, -0.15) is 0 Å². The molecule has 0 saturated carbocycles. The van der Waals surface area contributed by atoms with Crippen molar-refractivity contribution in [3.05, 3.63) is 29.6 Å². The van der Waals surface area contributed by atoms with Gasteiger partial charge in [-0.1, -0.05) is 20.3 Å². The largest absolute Gasteiger partial charge is 0.371 e. The highest BCUT2D eigenvalue weighted by atomic mass is 19.1. The molecule has 1 aromatic carbocycles. The lowest BCUT2D eigenvalue weighted by Gasteiger charge is -2.29. The van der Waals surface area contributed by atoms with Crippen LogP contribution < -0.4 is 10.6 Å². The van der Waals surface area contributed by atoms with Gasteiger partial charge < -0.3 is 10.6 Å². The van der Waals surface area contributed by atoms with Gasteiger partial charge in [0.2, 0.25) is 0 Å². The number of rotatable bonds is 7.